The second-order valence-electron chi connectivity index (χ2n) is 5.70. The van der Waals surface area contributed by atoms with Gasteiger partial charge in [0.2, 0.25) is 0 Å². The van der Waals surface area contributed by atoms with Gasteiger partial charge in [-0.3, -0.25) is 14.3 Å². The van der Waals surface area contributed by atoms with E-state index in [9.17, 15) is 14.0 Å². The highest BCUT2D eigenvalue weighted by Crippen LogP contribution is 2.17. The summed E-state index contributed by atoms with van der Waals surface area (Å²) in [5.74, 6) is -0.183. The SMILES string of the molecule is CCCCn1c(N)c(N(C)CCOc2ccccc2F)c(=O)[nH]c1=O. The maximum absolute atomic E-state index is 13.5. The van der Waals surface area contributed by atoms with Crippen LogP contribution in [-0.2, 0) is 6.54 Å². The number of rotatable bonds is 8. The molecule has 1 aromatic carbocycles. The minimum absolute atomic E-state index is 0.121. The van der Waals surface area contributed by atoms with Crippen LogP contribution in [-0.4, -0.2) is 29.8 Å². The smallest absolute Gasteiger partial charge is 0.330 e. The Balaban J connectivity index is 2.13. The molecule has 0 spiro atoms. The van der Waals surface area contributed by atoms with Crippen molar-refractivity contribution >= 4 is 11.5 Å². The Hall–Kier alpha value is -2.77. The van der Waals surface area contributed by atoms with Crippen molar-refractivity contribution in [3.05, 3.63) is 50.9 Å². The molecule has 0 saturated carbocycles. The largest absolute Gasteiger partial charge is 0.489 e. The lowest BCUT2D eigenvalue weighted by atomic mass is 10.3. The number of H-pyrrole nitrogens is 1. The van der Waals surface area contributed by atoms with Crippen LogP contribution in [0.15, 0.2) is 33.9 Å². The predicted octanol–water partition coefficient (Wildman–Crippen LogP) is 1.57. The van der Waals surface area contributed by atoms with Crippen molar-refractivity contribution in [1.29, 1.82) is 0 Å². The molecule has 1 aromatic heterocycles. The first-order valence-corrected chi connectivity index (χ1v) is 8.16. The number of anilines is 2. The first-order valence-electron chi connectivity index (χ1n) is 8.16. The number of nitrogens with zero attached hydrogens (tertiary/aromatic N) is 2. The third-order valence-corrected chi connectivity index (χ3v) is 3.85. The summed E-state index contributed by atoms with van der Waals surface area (Å²) < 4.78 is 20.3. The second kappa shape index (κ2) is 8.36. The number of aromatic amines is 1. The van der Waals surface area contributed by atoms with Gasteiger partial charge in [0.15, 0.2) is 11.6 Å². The maximum Gasteiger partial charge on any atom is 0.330 e. The summed E-state index contributed by atoms with van der Waals surface area (Å²) in [6.07, 6.45) is 1.67. The zero-order valence-corrected chi connectivity index (χ0v) is 14.4. The van der Waals surface area contributed by atoms with E-state index in [4.69, 9.17) is 10.5 Å². The van der Waals surface area contributed by atoms with Gasteiger partial charge >= 0.3 is 5.69 Å². The first kappa shape index (κ1) is 18.6. The van der Waals surface area contributed by atoms with Crippen LogP contribution in [0, 0.1) is 5.82 Å². The summed E-state index contributed by atoms with van der Waals surface area (Å²) in [4.78, 5) is 27.9. The topological polar surface area (TPSA) is 93.3 Å². The molecule has 0 radical (unpaired) electrons. The Morgan fingerprint density at radius 3 is 2.72 bits per heavy atom. The molecule has 7 nitrogen and oxygen atoms in total. The van der Waals surface area contributed by atoms with E-state index in [1.54, 1.807) is 24.1 Å². The molecule has 0 unspecified atom stereocenters. The molecule has 0 aliphatic rings. The van der Waals surface area contributed by atoms with Crippen molar-refractivity contribution in [3.8, 4) is 5.75 Å². The number of hydrogen-bond donors (Lipinski definition) is 2. The van der Waals surface area contributed by atoms with Gasteiger partial charge in [-0.1, -0.05) is 25.5 Å². The van der Waals surface area contributed by atoms with Crippen LogP contribution in [0.1, 0.15) is 19.8 Å². The van der Waals surface area contributed by atoms with Crippen molar-refractivity contribution < 1.29 is 9.13 Å². The van der Waals surface area contributed by atoms with Crippen LogP contribution in [0.25, 0.3) is 0 Å². The molecular formula is C17H23FN4O3. The molecule has 25 heavy (non-hydrogen) atoms. The Labute approximate surface area is 144 Å². The molecule has 0 aliphatic carbocycles. The number of benzene rings is 1. The van der Waals surface area contributed by atoms with E-state index in [1.165, 1.54) is 16.7 Å². The Morgan fingerprint density at radius 2 is 2.04 bits per heavy atom. The van der Waals surface area contributed by atoms with Gasteiger partial charge < -0.3 is 15.4 Å². The predicted molar refractivity (Wildman–Crippen MR) is 95.8 cm³/mol. The van der Waals surface area contributed by atoms with Crippen molar-refractivity contribution in [2.24, 2.45) is 0 Å². The lowest BCUT2D eigenvalue weighted by Crippen LogP contribution is -2.38. The van der Waals surface area contributed by atoms with Crippen molar-refractivity contribution in [2.75, 3.05) is 30.8 Å². The molecule has 136 valence electrons. The molecule has 8 heteroatoms. The monoisotopic (exact) mass is 350 g/mol. The molecule has 0 aliphatic heterocycles. The van der Waals surface area contributed by atoms with Gasteiger partial charge in [-0.05, 0) is 18.6 Å². The van der Waals surface area contributed by atoms with Gasteiger partial charge in [-0.2, -0.15) is 0 Å². The van der Waals surface area contributed by atoms with E-state index in [0.717, 1.165) is 12.8 Å². The zero-order chi connectivity index (χ0) is 18.4. The molecule has 2 aromatic rings. The summed E-state index contributed by atoms with van der Waals surface area (Å²) >= 11 is 0. The van der Waals surface area contributed by atoms with Crippen molar-refractivity contribution in [2.45, 2.75) is 26.3 Å². The van der Waals surface area contributed by atoms with Gasteiger partial charge in [-0.15, -0.1) is 0 Å². The molecule has 0 amide bonds. The highest BCUT2D eigenvalue weighted by molar-refractivity contribution is 5.61. The van der Waals surface area contributed by atoms with Crippen LogP contribution < -0.4 is 26.6 Å². The molecule has 3 N–H and O–H groups in total. The number of aromatic nitrogens is 2. The molecule has 1 heterocycles. The molecule has 2 rings (SSSR count). The number of unbranched alkanes of at least 4 members (excludes halogenated alkanes) is 1. The molecule has 0 atom stereocenters. The van der Waals surface area contributed by atoms with E-state index in [0.29, 0.717) is 13.1 Å². The number of ether oxygens (including phenoxy) is 1. The van der Waals surface area contributed by atoms with Gasteiger partial charge in [0.05, 0.1) is 6.54 Å². The molecule has 0 fully saturated rings. The lowest BCUT2D eigenvalue weighted by molar-refractivity contribution is 0.309. The van der Waals surface area contributed by atoms with Crippen LogP contribution in [0.5, 0.6) is 5.75 Å². The second-order valence-corrected chi connectivity index (χ2v) is 5.70. The number of likely N-dealkylation sites (N-methyl/N-ethyl adjacent to an activating group) is 1. The third kappa shape index (κ3) is 4.40. The van der Waals surface area contributed by atoms with Crippen molar-refractivity contribution in [3.63, 3.8) is 0 Å². The van der Waals surface area contributed by atoms with Gasteiger partial charge in [0.25, 0.3) is 5.56 Å². The average molecular weight is 350 g/mol. The van der Waals surface area contributed by atoms with E-state index >= 15 is 0 Å². The quantitative estimate of drug-likeness (QED) is 0.754. The number of hydrogen-bond acceptors (Lipinski definition) is 5. The standard InChI is InChI=1S/C17H23FN4O3/c1-3-4-9-22-15(19)14(16(23)20-17(22)24)21(2)10-11-25-13-8-6-5-7-12(13)18/h5-8H,3-4,9-11,19H2,1-2H3,(H,20,23,24). The van der Waals surface area contributed by atoms with Gasteiger partial charge in [0, 0.05) is 13.6 Å². The number of nitrogens with two attached hydrogens (primary N) is 1. The number of nitrogen functional groups attached to an aromatic ring is 1. The average Bonchev–Trinajstić information content (AvgIpc) is 2.56. The summed E-state index contributed by atoms with van der Waals surface area (Å²) in [7, 11) is 1.67. The Morgan fingerprint density at radius 1 is 1.32 bits per heavy atom. The summed E-state index contributed by atoms with van der Waals surface area (Å²) in [5, 5.41) is 0. The highest BCUT2D eigenvalue weighted by atomic mass is 19.1. The highest BCUT2D eigenvalue weighted by Gasteiger charge is 2.16. The lowest BCUT2D eigenvalue weighted by Gasteiger charge is -2.22. The number of nitrogens with one attached hydrogen (secondary N) is 1. The summed E-state index contributed by atoms with van der Waals surface area (Å²) in [5.41, 5.74) is 5.17. The maximum atomic E-state index is 13.5. The normalized spacial score (nSPS) is 10.7. The van der Waals surface area contributed by atoms with E-state index in [-0.39, 0.29) is 23.9 Å². The van der Waals surface area contributed by atoms with Crippen LogP contribution in [0.2, 0.25) is 0 Å². The fraction of sp³-hybridized carbons (Fsp3) is 0.412. The van der Waals surface area contributed by atoms with E-state index in [1.807, 2.05) is 6.92 Å². The van der Waals surface area contributed by atoms with Crippen LogP contribution in [0.3, 0.4) is 0 Å². The van der Waals surface area contributed by atoms with Crippen LogP contribution >= 0.6 is 0 Å². The number of para-hydroxylation sites is 1. The van der Waals surface area contributed by atoms with Crippen molar-refractivity contribution in [1.82, 2.24) is 9.55 Å². The zero-order valence-electron chi connectivity index (χ0n) is 14.4. The minimum Gasteiger partial charge on any atom is -0.489 e. The molecule has 0 saturated heterocycles. The first-order chi connectivity index (χ1) is 12.0. The Kier molecular flexibility index (Phi) is 6.21. The van der Waals surface area contributed by atoms with E-state index in [2.05, 4.69) is 4.98 Å². The van der Waals surface area contributed by atoms with Gasteiger partial charge in [-0.25, -0.2) is 9.18 Å². The minimum atomic E-state index is -0.552. The molecule has 0 bridgehead atoms. The van der Waals surface area contributed by atoms with E-state index < -0.39 is 17.1 Å². The fourth-order valence-electron chi connectivity index (χ4n) is 2.45. The number of halogens is 1. The Bertz CT molecular complexity index is 831. The van der Waals surface area contributed by atoms with Gasteiger partial charge in [0.1, 0.15) is 18.1 Å². The van der Waals surface area contributed by atoms with Crippen LogP contribution in [0.4, 0.5) is 15.9 Å². The molecular weight excluding hydrogens is 327 g/mol. The summed E-state index contributed by atoms with van der Waals surface area (Å²) in [6, 6.07) is 6.09. The summed E-state index contributed by atoms with van der Waals surface area (Å²) in [6.45, 7) is 2.89. The fourth-order valence-corrected chi connectivity index (χ4v) is 2.45. The third-order valence-electron chi connectivity index (χ3n) is 3.85.